The molecule has 1 aromatic rings. The number of aliphatic hydroxyl groups excluding tert-OH is 1. The van der Waals surface area contributed by atoms with E-state index in [0.29, 0.717) is 17.2 Å². The number of amides is 1. The van der Waals surface area contributed by atoms with Gasteiger partial charge in [0, 0.05) is 24.0 Å². The predicted octanol–water partition coefficient (Wildman–Crippen LogP) is 1.20. The van der Waals surface area contributed by atoms with Gasteiger partial charge in [0.25, 0.3) is 5.91 Å². The van der Waals surface area contributed by atoms with Gasteiger partial charge in [0.1, 0.15) is 6.61 Å². The summed E-state index contributed by atoms with van der Waals surface area (Å²) in [5.41, 5.74) is 1.21. The lowest BCUT2D eigenvalue weighted by atomic mass is 10.0. The average molecular weight is 282 g/mol. The van der Waals surface area contributed by atoms with Crippen molar-refractivity contribution in [3.05, 3.63) is 29.6 Å². The molecule has 0 saturated heterocycles. The molecule has 3 saturated carbocycles. The van der Waals surface area contributed by atoms with Gasteiger partial charge in [0.05, 0.1) is 5.56 Å². The normalized spacial score (nSPS) is 34.8. The number of hydrogen-bond acceptors (Lipinski definition) is 3. The van der Waals surface area contributed by atoms with E-state index in [9.17, 15) is 4.79 Å². The zero-order chi connectivity index (χ0) is 14.4. The van der Waals surface area contributed by atoms with Gasteiger partial charge >= 0.3 is 0 Å². The van der Waals surface area contributed by atoms with Crippen LogP contribution in [0.25, 0.3) is 0 Å². The topological polar surface area (TPSA) is 62.2 Å². The zero-order valence-electron chi connectivity index (χ0n) is 11.7. The smallest absolute Gasteiger partial charge is 0.253 e. The van der Waals surface area contributed by atoms with Crippen molar-refractivity contribution in [3.8, 4) is 11.8 Å². The molecule has 4 nitrogen and oxygen atoms in total. The van der Waals surface area contributed by atoms with Crippen LogP contribution in [0.4, 0.5) is 0 Å². The molecule has 4 rings (SSSR count). The van der Waals surface area contributed by atoms with Crippen molar-refractivity contribution in [1.82, 2.24) is 10.3 Å². The molecule has 0 aromatic carbocycles. The molecule has 0 aliphatic heterocycles. The number of aliphatic hydroxyl groups is 1. The summed E-state index contributed by atoms with van der Waals surface area (Å²) >= 11 is 0. The molecular formula is C17H18N2O2. The lowest BCUT2D eigenvalue weighted by molar-refractivity contribution is 0.0944. The van der Waals surface area contributed by atoms with E-state index in [0.717, 1.165) is 23.7 Å². The molecule has 2 bridgehead atoms. The molecular weight excluding hydrogens is 264 g/mol. The SMILES string of the molecule is O=C(NC1C2C3CCC(C3)C12)c1cncc(C#CCO)c1. The monoisotopic (exact) mass is 282 g/mol. The fourth-order valence-electron chi connectivity index (χ4n) is 4.53. The second-order valence-corrected chi connectivity index (χ2v) is 6.41. The van der Waals surface area contributed by atoms with Crippen molar-refractivity contribution in [2.45, 2.75) is 25.3 Å². The largest absolute Gasteiger partial charge is 0.384 e. The highest BCUT2D eigenvalue weighted by Crippen LogP contribution is 2.65. The summed E-state index contributed by atoms with van der Waals surface area (Å²) < 4.78 is 0. The quantitative estimate of drug-likeness (QED) is 0.801. The maximum Gasteiger partial charge on any atom is 0.253 e. The summed E-state index contributed by atoms with van der Waals surface area (Å²) in [6, 6.07) is 2.12. The molecule has 2 N–H and O–H groups in total. The molecule has 1 heterocycles. The predicted molar refractivity (Wildman–Crippen MR) is 77.3 cm³/mol. The van der Waals surface area contributed by atoms with Crippen LogP contribution in [0.2, 0.25) is 0 Å². The number of carbonyl (C=O) groups is 1. The summed E-state index contributed by atoms with van der Waals surface area (Å²) in [5, 5.41) is 11.9. The van der Waals surface area contributed by atoms with E-state index in [1.54, 1.807) is 18.5 Å². The summed E-state index contributed by atoms with van der Waals surface area (Å²) in [6.45, 7) is -0.190. The van der Waals surface area contributed by atoms with Gasteiger partial charge < -0.3 is 10.4 Å². The van der Waals surface area contributed by atoms with Crippen LogP contribution in [0.5, 0.6) is 0 Å². The summed E-state index contributed by atoms with van der Waals surface area (Å²) in [7, 11) is 0. The molecule has 3 aliphatic carbocycles. The number of nitrogens with one attached hydrogen (secondary N) is 1. The van der Waals surface area contributed by atoms with Crippen LogP contribution in [-0.4, -0.2) is 28.6 Å². The maximum absolute atomic E-state index is 12.3. The van der Waals surface area contributed by atoms with Crippen LogP contribution in [0.15, 0.2) is 18.5 Å². The molecule has 4 atom stereocenters. The van der Waals surface area contributed by atoms with Crippen LogP contribution < -0.4 is 5.32 Å². The lowest BCUT2D eigenvalue weighted by Gasteiger charge is -2.10. The fourth-order valence-corrected chi connectivity index (χ4v) is 4.53. The lowest BCUT2D eigenvalue weighted by Crippen LogP contribution is -2.30. The molecule has 3 aliphatic rings. The van der Waals surface area contributed by atoms with Crippen molar-refractivity contribution >= 4 is 5.91 Å². The number of pyridine rings is 1. The van der Waals surface area contributed by atoms with E-state index >= 15 is 0 Å². The minimum absolute atomic E-state index is 0.0473. The number of carbonyl (C=O) groups excluding carboxylic acids is 1. The van der Waals surface area contributed by atoms with Gasteiger partial charge in [-0.05, 0) is 49.0 Å². The average Bonchev–Trinajstić information content (AvgIpc) is 2.90. The van der Waals surface area contributed by atoms with E-state index < -0.39 is 0 Å². The molecule has 0 spiro atoms. The number of hydrogen-bond donors (Lipinski definition) is 2. The first-order valence-electron chi connectivity index (χ1n) is 7.63. The van der Waals surface area contributed by atoms with E-state index in [1.807, 2.05) is 0 Å². The third kappa shape index (κ3) is 2.13. The summed E-state index contributed by atoms with van der Waals surface area (Å²) in [5.74, 6) is 8.48. The number of nitrogens with zero attached hydrogens (tertiary/aromatic N) is 1. The van der Waals surface area contributed by atoms with Crippen LogP contribution in [0.3, 0.4) is 0 Å². The Morgan fingerprint density at radius 3 is 2.81 bits per heavy atom. The van der Waals surface area contributed by atoms with Crippen LogP contribution >= 0.6 is 0 Å². The Bertz CT molecular complexity index is 630. The Labute approximate surface area is 124 Å². The Morgan fingerprint density at radius 1 is 1.33 bits per heavy atom. The second-order valence-electron chi connectivity index (χ2n) is 6.41. The van der Waals surface area contributed by atoms with E-state index in [-0.39, 0.29) is 12.5 Å². The molecule has 4 unspecified atom stereocenters. The second kappa shape index (κ2) is 4.85. The first kappa shape index (κ1) is 12.8. The fraction of sp³-hybridized carbons (Fsp3) is 0.529. The highest BCUT2D eigenvalue weighted by molar-refractivity contribution is 5.94. The van der Waals surface area contributed by atoms with E-state index in [1.165, 1.54) is 19.3 Å². The minimum Gasteiger partial charge on any atom is -0.384 e. The van der Waals surface area contributed by atoms with Gasteiger partial charge in [0.2, 0.25) is 0 Å². The van der Waals surface area contributed by atoms with Crippen molar-refractivity contribution in [2.24, 2.45) is 23.7 Å². The number of rotatable bonds is 2. The third-order valence-electron chi connectivity index (χ3n) is 5.35. The maximum atomic E-state index is 12.3. The highest BCUT2D eigenvalue weighted by atomic mass is 16.2. The molecule has 1 aromatic heterocycles. The summed E-state index contributed by atoms with van der Waals surface area (Å²) in [6.07, 6.45) is 7.27. The molecule has 1 amide bonds. The van der Waals surface area contributed by atoms with Crippen LogP contribution in [0, 0.1) is 35.5 Å². The number of fused-ring (bicyclic) bond motifs is 5. The molecule has 108 valence electrons. The van der Waals surface area contributed by atoms with Crippen LogP contribution in [0.1, 0.15) is 35.2 Å². The van der Waals surface area contributed by atoms with Crippen molar-refractivity contribution in [1.29, 1.82) is 0 Å². The van der Waals surface area contributed by atoms with Crippen molar-refractivity contribution < 1.29 is 9.90 Å². The Hall–Kier alpha value is -1.86. The first-order valence-corrected chi connectivity index (χ1v) is 7.63. The summed E-state index contributed by atoms with van der Waals surface area (Å²) in [4.78, 5) is 16.4. The minimum atomic E-state index is -0.190. The number of aromatic nitrogens is 1. The van der Waals surface area contributed by atoms with Gasteiger partial charge in [-0.15, -0.1) is 0 Å². The van der Waals surface area contributed by atoms with E-state index in [2.05, 4.69) is 22.1 Å². The van der Waals surface area contributed by atoms with Gasteiger partial charge in [-0.25, -0.2) is 0 Å². The molecule has 4 heteroatoms. The Balaban J connectivity index is 1.44. The third-order valence-corrected chi connectivity index (χ3v) is 5.35. The van der Waals surface area contributed by atoms with Crippen LogP contribution in [-0.2, 0) is 0 Å². The standard InChI is InChI=1S/C17H18N2O2/c20-5-1-2-10-6-13(9-18-8-10)17(21)19-16-14-11-3-4-12(7-11)15(14)16/h6,8-9,11-12,14-16,20H,3-5,7H2,(H,19,21). The molecule has 3 fully saturated rings. The van der Waals surface area contributed by atoms with E-state index in [4.69, 9.17) is 5.11 Å². The van der Waals surface area contributed by atoms with Crippen molar-refractivity contribution in [3.63, 3.8) is 0 Å². The first-order chi connectivity index (χ1) is 10.3. The zero-order valence-corrected chi connectivity index (χ0v) is 11.7. The van der Waals surface area contributed by atoms with Gasteiger partial charge in [-0.1, -0.05) is 11.8 Å². The Kier molecular flexibility index (Phi) is 2.97. The van der Waals surface area contributed by atoms with Crippen molar-refractivity contribution in [2.75, 3.05) is 6.61 Å². The highest BCUT2D eigenvalue weighted by Gasteiger charge is 2.65. The molecule has 0 radical (unpaired) electrons. The molecule has 21 heavy (non-hydrogen) atoms. The van der Waals surface area contributed by atoms with Gasteiger partial charge in [-0.2, -0.15) is 0 Å². The van der Waals surface area contributed by atoms with Gasteiger partial charge in [-0.3, -0.25) is 9.78 Å². The van der Waals surface area contributed by atoms with Gasteiger partial charge in [0.15, 0.2) is 0 Å². The Morgan fingerprint density at radius 2 is 2.10 bits per heavy atom.